The highest BCUT2D eigenvalue weighted by Gasteiger charge is 2.01. The largest absolute Gasteiger partial charge is 0.417 e. The van der Waals surface area contributed by atoms with Gasteiger partial charge in [0.15, 0.2) is 5.58 Å². The summed E-state index contributed by atoms with van der Waals surface area (Å²) in [5, 5.41) is 6.43. The maximum absolute atomic E-state index is 11.0. The Kier molecular flexibility index (Phi) is 3.82. The number of nitrogens with one attached hydrogen (secondary N) is 3. The standard InChI is InChI=1S/C12H17N3O2/c1-13-6-2-3-7-14-9-4-5-11-10(8-9)15-12(16)17-11/h4-5,8,13-14H,2-3,6-7H2,1H3,(H,15,16). The second kappa shape index (κ2) is 5.54. The van der Waals surface area contributed by atoms with Crippen LogP contribution in [0.1, 0.15) is 12.8 Å². The Morgan fingerprint density at radius 1 is 1.29 bits per heavy atom. The minimum absolute atomic E-state index is 0.411. The molecule has 0 saturated carbocycles. The maximum atomic E-state index is 11.0. The molecule has 1 aromatic heterocycles. The number of oxazole rings is 1. The predicted octanol–water partition coefficient (Wildman–Crippen LogP) is 1.53. The molecule has 0 atom stereocenters. The highest BCUT2D eigenvalue weighted by Crippen LogP contribution is 2.15. The Bertz CT molecular complexity index is 530. The van der Waals surface area contributed by atoms with Crippen molar-refractivity contribution in [3.8, 4) is 0 Å². The molecule has 92 valence electrons. The topological polar surface area (TPSA) is 70.1 Å². The number of aromatic nitrogens is 1. The van der Waals surface area contributed by atoms with Gasteiger partial charge in [0.2, 0.25) is 0 Å². The molecule has 1 heterocycles. The maximum Gasteiger partial charge on any atom is 0.417 e. The molecular weight excluding hydrogens is 218 g/mol. The van der Waals surface area contributed by atoms with Gasteiger partial charge in [0.05, 0.1) is 5.52 Å². The molecule has 2 aromatic rings. The number of hydrogen-bond donors (Lipinski definition) is 3. The zero-order chi connectivity index (χ0) is 12.1. The van der Waals surface area contributed by atoms with Crippen LogP contribution < -0.4 is 16.4 Å². The van der Waals surface area contributed by atoms with E-state index in [1.54, 1.807) is 6.07 Å². The Morgan fingerprint density at radius 2 is 2.12 bits per heavy atom. The molecule has 0 saturated heterocycles. The first kappa shape index (κ1) is 11.7. The van der Waals surface area contributed by atoms with Gasteiger partial charge >= 0.3 is 5.76 Å². The van der Waals surface area contributed by atoms with E-state index < -0.39 is 5.76 Å². The van der Waals surface area contributed by atoms with Gasteiger partial charge in [-0.2, -0.15) is 0 Å². The molecule has 0 aliphatic rings. The van der Waals surface area contributed by atoms with Crippen LogP contribution in [0.4, 0.5) is 5.69 Å². The SMILES string of the molecule is CNCCCCNc1ccc2oc(=O)[nH]c2c1. The summed E-state index contributed by atoms with van der Waals surface area (Å²) in [5.74, 6) is -0.411. The monoisotopic (exact) mass is 235 g/mol. The Labute approximate surface area is 99.2 Å². The van der Waals surface area contributed by atoms with Crippen LogP contribution >= 0.6 is 0 Å². The van der Waals surface area contributed by atoms with Gasteiger partial charge in [0.1, 0.15) is 0 Å². The average Bonchev–Trinajstić information content (AvgIpc) is 2.68. The molecule has 0 aliphatic heterocycles. The van der Waals surface area contributed by atoms with Crippen molar-refractivity contribution in [2.24, 2.45) is 0 Å². The molecule has 5 heteroatoms. The zero-order valence-corrected chi connectivity index (χ0v) is 9.88. The molecule has 1 aromatic carbocycles. The zero-order valence-electron chi connectivity index (χ0n) is 9.88. The van der Waals surface area contributed by atoms with Crippen LogP contribution in [0.15, 0.2) is 27.4 Å². The van der Waals surface area contributed by atoms with E-state index in [0.717, 1.165) is 37.1 Å². The number of H-pyrrole nitrogens is 1. The normalized spacial score (nSPS) is 10.9. The lowest BCUT2D eigenvalue weighted by Gasteiger charge is -2.05. The van der Waals surface area contributed by atoms with Crippen LogP contribution in [0.3, 0.4) is 0 Å². The number of unbranched alkanes of at least 4 members (excludes halogenated alkanes) is 1. The molecule has 0 aliphatic carbocycles. The van der Waals surface area contributed by atoms with E-state index in [0.29, 0.717) is 5.58 Å². The molecule has 5 nitrogen and oxygen atoms in total. The van der Waals surface area contributed by atoms with Crippen molar-refractivity contribution in [3.05, 3.63) is 28.7 Å². The van der Waals surface area contributed by atoms with E-state index in [4.69, 9.17) is 4.42 Å². The second-order valence-electron chi connectivity index (χ2n) is 3.96. The first-order chi connectivity index (χ1) is 8.29. The molecular formula is C12H17N3O2. The van der Waals surface area contributed by atoms with Crippen molar-refractivity contribution < 1.29 is 4.42 Å². The molecule has 0 unspecified atom stereocenters. The lowest BCUT2D eigenvalue weighted by atomic mass is 10.2. The molecule has 0 radical (unpaired) electrons. The molecule has 3 N–H and O–H groups in total. The number of benzene rings is 1. The minimum Gasteiger partial charge on any atom is -0.408 e. The molecule has 0 fully saturated rings. The lowest BCUT2D eigenvalue weighted by molar-refractivity contribution is 0.555. The van der Waals surface area contributed by atoms with E-state index in [2.05, 4.69) is 15.6 Å². The van der Waals surface area contributed by atoms with Crippen LogP contribution in [0.5, 0.6) is 0 Å². The Morgan fingerprint density at radius 3 is 2.94 bits per heavy atom. The van der Waals surface area contributed by atoms with Gasteiger partial charge in [-0.3, -0.25) is 4.98 Å². The van der Waals surface area contributed by atoms with Gasteiger partial charge in [0, 0.05) is 12.2 Å². The van der Waals surface area contributed by atoms with Crippen molar-refractivity contribution in [2.75, 3.05) is 25.5 Å². The number of aromatic amines is 1. The van der Waals surface area contributed by atoms with E-state index in [1.807, 2.05) is 19.2 Å². The molecule has 0 amide bonds. The fourth-order valence-corrected chi connectivity index (χ4v) is 1.72. The molecule has 0 bridgehead atoms. The fourth-order valence-electron chi connectivity index (χ4n) is 1.72. The summed E-state index contributed by atoms with van der Waals surface area (Å²) >= 11 is 0. The Hall–Kier alpha value is -1.75. The highest BCUT2D eigenvalue weighted by atomic mass is 16.4. The Balaban J connectivity index is 1.92. The van der Waals surface area contributed by atoms with Gasteiger partial charge in [-0.25, -0.2) is 4.79 Å². The smallest absolute Gasteiger partial charge is 0.408 e. The van der Waals surface area contributed by atoms with E-state index >= 15 is 0 Å². The van der Waals surface area contributed by atoms with Crippen LogP contribution in [0, 0.1) is 0 Å². The minimum atomic E-state index is -0.411. The third-order valence-electron chi connectivity index (χ3n) is 2.60. The van der Waals surface area contributed by atoms with E-state index in [9.17, 15) is 4.79 Å². The average molecular weight is 235 g/mol. The van der Waals surface area contributed by atoms with Crippen molar-refractivity contribution in [3.63, 3.8) is 0 Å². The number of hydrogen-bond acceptors (Lipinski definition) is 4. The number of fused-ring (bicyclic) bond motifs is 1. The summed E-state index contributed by atoms with van der Waals surface area (Å²) < 4.78 is 4.93. The summed E-state index contributed by atoms with van der Waals surface area (Å²) in [6.07, 6.45) is 2.26. The van der Waals surface area contributed by atoms with Gasteiger partial charge in [-0.15, -0.1) is 0 Å². The van der Waals surface area contributed by atoms with Gasteiger partial charge < -0.3 is 15.1 Å². The summed E-state index contributed by atoms with van der Waals surface area (Å²) in [7, 11) is 1.95. The van der Waals surface area contributed by atoms with Crippen LogP contribution in [-0.4, -0.2) is 25.1 Å². The first-order valence-electron chi connectivity index (χ1n) is 5.81. The van der Waals surface area contributed by atoms with Crippen molar-refractivity contribution in [1.29, 1.82) is 0 Å². The predicted molar refractivity (Wildman–Crippen MR) is 68.5 cm³/mol. The van der Waals surface area contributed by atoms with Crippen LogP contribution in [-0.2, 0) is 0 Å². The third-order valence-corrected chi connectivity index (χ3v) is 2.60. The van der Waals surface area contributed by atoms with Gasteiger partial charge in [-0.05, 0) is 44.6 Å². The summed E-state index contributed by atoms with van der Waals surface area (Å²) in [5.41, 5.74) is 2.32. The molecule has 17 heavy (non-hydrogen) atoms. The second-order valence-corrected chi connectivity index (χ2v) is 3.96. The quantitative estimate of drug-likeness (QED) is 0.664. The van der Waals surface area contributed by atoms with Crippen molar-refractivity contribution >= 4 is 16.8 Å². The van der Waals surface area contributed by atoms with Crippen LogP contribution in [0.2, 0.25) is 0 Å². The number of rotatable bonds is 6. The van der Waals surface area contributed by atoms with E-state index in [1.165, 1.54) is 0 Å². The molecule has 0 spiro atoms. The highest BCUT2D eigenvalue weighted by molar-refractivity contribution is 5.76. The van der Waals surface area contributed by atoms with Crippen LogP contribution in [0.25, 0.3) is 11.1 Å². The molecule has 2 rings (SSSR count). The van der Waals surface area contributed by atoms with Gasteiger partial charge in [0.25, 0.3) is 0 Å². The van der Waals surface area contributed by atoms with Gasteiger partial charge in [-0.1, -0.05) is 0 Å². The summed E-state index contributed by atoms with van der Waals surface area (Å²) in [6.45, 7) is 1.96. The van der Waals surface area contributed by atoms with Crippen molar-refractivity contribution in [1.82, 2.24) is 10.3 Å². The van der Waals surface area contributed by atoms with E-state index in [-0.39, 0.29) is 0 Å². The lowest BCUT2D eigenvalue weighted by Crippen LogP contribution is -2.10. The fraction of sp³-hybridized carbons (Fsp3) is 0.417. The summed E-state index contributed by atoms with van der Waals surface area (Å²) in [6, 6.07) is 5.60. The number of anilines is 1. The summed E-state index contributed by atoms with van der Waals surface area (Å²) in [4.78, 5) is 13.6. The van der Waals surface area contributed by atoms with Crippen molar-refractivity contribution in [2.45, 2.75) is 12.8 Å². The first-order valence-corrected chi connectivity index (χ1v) is 5.81. The third kappa shape index (κ3) is 3.10.